The third kappa shape index (κ3) is 2.77. The normalized spacial score (nSPS) is 10.1. The lowest BCUT2D eigenvalue weighted by molar-refractivity contribution is 0.102. The Balaban J connectivity index is 2.16. The predicted octanol–water partition coefficient (Wildman–Crippen LogP) is 2.54. The number of methoxy groups -OCH3 is 1. The lowest BCUT2D eigenvalue weighted by atomic mass is 10.2. The number of aromatic nitrogens is 2. The molecule has 2 heterocycles. The van der Waals surface area contributed by atoms with Crippen LogP contribution in [0.5, 0.6) is 5.88 Å². The molecule has 0 unspecified atom stereocenters. The topological polar surface area (TPSA) is 64.1 Å². The molecule has 2 aromatic heterocycles. The number of nitrogens with one attached hydrogen (secondary N) is 1. The number of carbonyl (C=O) groups is 1. The number of amides is 1. The molecule has 5 nitrogen and oxygen atoms in total. The number of alkyl halides is 1. The molecule has 2 rings (SSSR count). The van der Waals surface area contributed by atoms with Crippen LogP contribution in [0.3, 0.4) is 0 Å². The van der Waals surface area contributed by atoms with Crippen LogP contribution < -0.4 is 10.1 Å². The highest BCUT2D eigenvalue weighted by Crippen LogP contribution is 2.20. The van der Waals surface area contributed by atoms with E-state index in [9.17, 15) is 4.79 Å². The molecule has 18 heavy (non-hydrogen) atoms. The Bertz CT molecular complexity index is 559. The van der Waals surface area contributed by atoms with Crippen LogP contribution in [-0.2, 0) is 5.88 Å². The van der Waals surface area contributed by atoms with Crippen LogP contribution in [0, 0.1) is 0 Å². The highest BCUT2D eigenvalue weighted by Gasteiger charge is 2.14. The van der Waals surface area contributed by atoms with Crippen LogP contribution in [0.2, 0.25) is 0 Å². The fourth-order valence-electron chi connectivity index (χ4n) is 1.32. The van der Waals surface area contributed by atoms with E-state index < -0.39 is 0 Å². The Hall–Kier alpha value is -1.66. The molecule has 94 valence electrons. The van der Waals surface area contributed by atoms with Crippen molar-refractivity contribution in [1.29, 1.82) is 0 Å². The molecule has 0 fully saturated rings. The van der Waals surface area contributed by atoms with Gasteiger partial charge in [0.2, 0.25) is 5.88 Å². The minimum Gasteiger partial charge on any atom is -0.480 e. The summed E-state index contributed by atoms with van der Waals surface area (Å²) in [7, 11) is 1.47. The smallest absolute Gasteiger partial charge is 0.262 e. The maximum atomic E-state index is 12.0. The second kappa shape index (κ2) is 5.79. The molecule has 1 N–H and O–H groups in total. The first kappa shape index (κ1) is 12.8. The predicted molar refractivity (Wildman–Crippen MR) is 70.4 cm³/mol. The van der Waals surface area contributed by atoms with Crippen LogP contribution in [0.25, 0.3) is 0 Å². The van der Waals surface area contributed by atoms with Gasteiger partial charge in [-0.25, -0.2) is 9.97 Å². The zero-order chi connectivity index (χ0) is 13.0. The summed E-state index contributed by atoms with van der Waals surface area (Å²) in [6.07, 6.45) is 1.56. The van der Waals surface area contributed by atoms with Crippen LogP contribution in [0.4, 0.5) is 5.13 Å². The third-order valence-corrected chi connectivity index (χ3v) is 3.20. The maximum absolute atomic E-state index is 12.0. The van der Waals surface area contributed by atoms with Gasteiger partial charge in [-0.3, -0.25) is 10.1 Å². The van der Waals surface area contributed by atoms with Gasteiger partial charge in [-0.15, -0.1) is 22.9 Å². The number of halogens is 1. The first-order valence-electron chi connectivity index (χ1n) is 5.05. The van der Waals surface area contributed by atoms with Gasteiger partial charge >= 0.3 is 0 Å². The van der Waals surface area contributed by atoms with Crippen molar-refractivity contribution in [3.05, 3.63) is 35.0 Å². The second-order valence-electron chi connectivity index (χ2n) is 3.29. The highest BCUT2D eigenvalue weighted by atomic mass is 35.5. The van der Waals surface area contributed by atoms with Crippen molar-refractivity contribution in [2.45, 2.75) is 5.88 Å². The molecule has 1 amide bonds. The second-order valence-corrected chi connectivity index (χ2v) is 4.42. The van der Waals surface area contributed by atoms with Gasteiger partial charge in [0.1, 0.15) is 5.56 Å². The average Bonchev–Trinajstić information content (AvgIpc) is 2.86. The molecule has 0 radical (unpaired) electrons. The number of anilines is 1. The van der Waals surface area contributed by atoms with Crippen molar-refractivity contribution in [1.82, 2.24) is 9.97 Å². The van der Waals surface area contributed by atoms with E-state index in [0.29, 0.717) is 16.6 Å². The fourth-order valence-corrected chi connectivity index (χ4v) is 2.25. The number of thiazole rings is 1. The Morgan fingerprint density at radius 3 is 3.11 bits per heavy atom. The molecule has 0 saturated heterocycles. The summed E-state index contributed by atoms with van der Waals surface area (Å²) < 4.78 is 5.02. The van der Waals surface area contributed by atoms with E-state index in [1.165, 1.54) is 18.4 Å². The molecule has 7 heteroatoms. The molecular weight excluding hydrogens is 274 g/mol. The number of nitrogens with zero attached hydrogens (tertiary/aromatic N) is 2. The average molecular weight is 284 g/mol. The van der Waals surface area contributed by atoms with Crippen molar-refractivity contribution in [3.8, 4) is 5.88 Å². The Kier molecular flexibility index (Phi) is 4.11. The van der Waals surface area contributed by atoms with Crippen molar-refractivity contribution in [3.63, 3.8) is 0 Å². The van der Waals surface area contributed by atoms with Crippen LogP contribution in [0.1, 0.15) is 16.1 Å². The summed E-state index contributed by atoms with van der Waals surface area (Å²) in [6, 6.07) is 3.31. The van der Waals surface area contributed by atoms with Gasteiger partial charge < -0.3 is 4.74 Å². The standard InChI is InChI=1S/C11H10ClN3O2S/c1-17-10-8(3-2-4-13-10)9(16)15-11-14-7(5-12)6-18-11/h2-4,6H,5H2,1H3,(H,14,15,16). The molecule has 2 aromatic rings. The summed E-state index contributed by atoms with van der Waals surface area (Å²) in [4.78, 5) is 20.1. The van der Waals surface area contributed by atoms with Crippen LogP contribution >= 0.6 is 22.9 Å². The Morgan fingerprint density at radius 2 is 2.44 bits per heavy atom. The van der Waals surface area contributed by atoms with E-state index in [2.05, 4.69) is 15.3 Å². The van der Waals surface area contributed by atoms with E-state index in [4.69, 9.17) is 16.3 Å². The molecule has 0 atom stereocenters. The van der Waals surface area contributed by atoms with E-state index in [1.54, 1.807) is 23.7 Å². The van der Waals surface area contributed by atoms with Crippen molar-refractivity contribution >= 4 is 34.0 Å². The highest BCUT2D eigenvalue weighted by molar-refractivity contribution is 7.14. The minimum atomic E-state index is -0.310. The van der Waals surface area contributed by atoms with Gasteiger partial charge in [-0.2, -0.15) is 0 Å². The number of rotatable bonds is 4. The third-order valence-electron chi connectivity index (χ3n) is 2.12. The largest absolute Gasteiger partial charge is 0.480 e. The van der Waals surface area contributed by atoms with Gasteiger partial charge in [-0.05, 0) is 12.1 Å². The van der Waals surface area contributed by atoms with Gasteiger partial charge in [0.05, 0.1) is 18.7 Å². The maximum Gasteiger partial charge on any atom is 0.262 e. The quantitative estimate of drug-likeness (QED) is 0.876. The Labute approximate surface area is 113 Å². The van der Waals surface area contributed by atoms with Crippen molar-refractivity contribution in [2.24, 2.45) is 0 Å². The van der Waals surface area contributed by atoms with Crippen molar-refractivity contribution in [2.75, 3.05) is 12.4 Å². The zero-order valence-electron chi connectivity index (χ0n) is 9.51. The van der Waals surface area contributed by atoms with Gasteiger partial charge in [0.15, 0.2) is 5.13 Å². The summed E-state index contributed by atoms with van der Waals surface area (Å²) in [5.74, 6) is 0.294. The first-order valence-corrected chi connectivity index (χ1v) is 6.46. The number of carbonyl (C=O) groups excluding carboxylic acids is 1. The van der Waals surface area contributed by atoms with E-state index in [-0.39, 0.29) is 11.8 Å². The van der Waals surface area contributed by atoms with Crippen molar-refractivity contribution < 1.29 is 9.53 Å². The Morgan fingerprint density at radius 1 is 1.61 bits per heavy atom. The van der Waals surface area contributed by atoms with Gasteiger partial charge in [0, 0.05) is 11.6 Å². The first-order chi connectivity index (χ1) is 8.74. The zero-order valence-corrected chi connectivity index (χ0v) is 11.1. The summed E-state index contributed by atoms with van der Waals surface area (Å²) in [5, 5.41) is 4.97. The van der Waals surface area contributed by atoms with Crippen LogP contribution in [0.15, 0.2) is 23.7 Å². The van der Waals surface area contributed by atoms with E-state index >= 15 is 0 Å². The molecule has 0 aliphatic rings. The van der Waals surface area contributed by atoms with E-state index in [0.717, 1.165) is 5.69 Å². The molecule has 0 aliphatic heterocycles. The lowest BCUT2D eigenvalue weighted by Gasteiger charge is -2.05. The number of pyridine rings is 1. The molecule has 0 saturated carbocycles. The number of hydrogen-bond donors (Lipinski definition) is 1. The number of ether oxygens (including phenoxy) is 1. The molecule has 0 aliphatic carbocycles. The fraction of sp³-hybridized carbons (Fsp3) is 0.182. The van der Waals surface area contributed by atoms with Crippen LogP contribution in [-0.4, -0.2) is 23.0 Å². The van der Waals surface area contributed by atoms with Gasteiger partial charge in [-0.1, -0.05) is 0 Å². The monoisotopic (exact) mass is 283 g/mol. The minimum absolute atomic E-state index is 0.282. The van der Waals surface area contributed by atoms with Gasteiger partial charge in [0.25, 0.3) is 5.91 Å². The molecule has 0 bridgehead atoms. The summed E-state index contributed by atoms with van der Waals surface area (Å²) in [6.45, 7) is 0. The van der Waals surface area contributed by atoms with E-state index in [1.807, 2.05) is 0 Å². The summed E-state index contributed by atoms with van der Waals surface area (Å²) >= 11 is 6.96. The lowest BCUT2D eigenvalue weighted by Crippen LogP contribution is -2.13. The number of hydrogen-bond acceptors (Lipinski definition) is 5. The molecule has 0 spiro atoms. The summed E-state index contributed by atoms with van der Waals surface area (Å²) in [5.41, 5.74) is 1.10. The molecule has 0 aromatic carbocycles. The SMILES string of the molecule is COc1ncccc1C(=O)Nc1nc(CCl)cs1. The molecular formula is C11H10ClN3O2S.